The Hall–Kier alpha value is -2.58. The van der Waals surface area contributed by atoms with Crippen LogP contribution >= 0.6 is 15.9 Å². The topological polar surface area (TPSA) is 78.1 Å². The van der Waals surface area contributed by atoms with Crippen LogP contribution < -0.4 is 5.56 Å². The number of oxime groups is 1. The second-order valence-corrected chi connectivity index (χ2v) is 8.10. The van der Waals surface area contributed by atoms with Crippen LogP contribution in [-0.2, 0) is 16.1 Å². The van der Waals surface area contributed by atoms with Crippen molar-refractivity contribution < 1.29 is 9.57 Å². The van der Waals surface area contributed by atoms with Gasteiger partial charge in [-0.15, -0.1) is 0 Å². The average molecular weight is 473 g/mol. The first-order valence-electron chi connectivity index (χ1n) is 9.70. The quantitative estimate of drug-likeness (QED) is 0.331. The van der Waals surface area contributed by atoms with Gasteiger partial charge in [-0.3, -0.25) is 9.36 Å². The van der Waals surface area contributed by atoms with Crippen molar-refractivity contribution in [2.24, 2.45) is 16.1 Å². The number of benzene rings is 1. The largest absolute Gasteiger partial charge is 0.373 e. The molecule has 8 heteroatoms. The molecule has 1 fully saturated rings. The van der Waals surface area contributed by atoms with Crippen molar-refractivity contribution >= 4 is 33.7 Å². The first-order chi connectivity index (χ1) is 14.4. The molecule has 0 spiro atoms. The highest BCUT2D eigenvalue weighted by Gasteiger charge is 2.29. The van der Waals surface area contributed by atoms with E-state index in [1.54, 1.807) is 20.1 Å². The van der Waals surface area contributed by atoms with Gasteiger partial charge in [0.1, 0.15) is 12.1 Å². The molecule has 0 aliphatic carbocycles. The number of hydrogen-bond acceptors (Lipinski definition) is 6. The van der Waals surface area contributed by atoms with Gasteiger partial charge in [-0.1, -0.05) is 39.8 Å². The van der Waals surface area contributed by atoms with E-state index in [9.17, 15) is 4.79 Å². The predicted octanol–water partition coefficient (Wildman–Crippen LogP) is 4.72. The number of nitrogens with zero attached hydrogens (tertiary/aromatic N) is 4. The number of rotatable bonds is 7. The van der Waals surface area contributed by atoms with Gasteiger partial charge in [-0.2, -0.15) is 0 Å². The van der Waals surface area contributed by atoms with Crippen LogP contribution in [-0.4, -0.2) is 28.1 Å². The third-order valence-electron chi connectivity index (χ3n) is 4.98. The molecule has 7 nitrogen and oxygen atoms in total. The molecule has 1 aliphatic heterocycles. The molecule has 0 amide bonds. The Morgan fingerprint density at radius 2 is 2.17 bits per heavy atom. The molecule has 2 heterocycles. The minimum Gasteiger partial charge on any atom is -0.373 e. The van der Waals surface area contributed by atoms with Crippen molar-refractivity contribution in [3.05, 3.63) is 68.9 Å². The number of aromatic nitrogens is 2. The second kappa shape index (κ2) is 9.95. The van der Waals surface area contributed by atoms with Crippen LogP contribution in [0.2, 0.25) is 0 Å². The number of ether oxygens (including phenoxy) is 1. The highest BCUT2D eigenvalue weighted by atomic mass is 79.9. The smallest absolute Gasteiger partial charge is 0.258 e. The molecular formula is C22H25BrN4O3. The maximum absolute atomic E-state index is 12.4. The van der Waals surface area contributed by atoms with Crippen LogP contribution in [0.3, 0.4) is 0 Å². The molecule has 2 atom stereocenters. The molecule has 1 unspecified atom stereocenters. The molecule has 1 saturated heterocycles. The standard InChI is InChI=1S/C22H25BrN4O3/c1-5-24-21-15(3)22(28)27(13-25-21)11-14(2)30-26-16(4)18-10-20(29-12-18)17-6-8-19(23)9-7-17/h5-9,13,18,20H,2,10-12H2,1,3-4H3/b24-5-,26-16+/t18?,20-/m1/s1. The number of hydrogen-bond donors (Lipinski definition) is 0. The lowest BCUT2D eigenvalue weighted by molar-refractivity contribution is 0.109. The Labute approximate surface area is 184 Å². The summed E-state index contributed by atoms with van der Waals surface area (Å²) in [6, 6.07) is 8.15. The highest BCUT2D eigenvalue weighted by molar-refractivity contribution is 9.10. The number of allylic oxidation sites excluding steroid dienone is 1. The SMILES string of the molecule is C=C(Cn1cnc(/N=C\C)c(C)c1=O)O/N=C(\C)C1CO[C@@H](c2ccc(Br)cc2)C1. The predicted molar refractivity (Wildman–Crippen MR) is 121 cm³/mol. The van der Waals surface area contributed by atoms with Crippen molar-refractivity contribution in [3.8, 4) is 0 Å². The molecule has 0 radical (unpaired) electrons. The van der Waals surface area contributed by atoms with Crippen LogP contribution in [0.4, 0.5) is 5.82 Å². The van der Waals surface area contributed by atoms with Gasteiger partial charge in [0.15, 0.2) is 5.82 Å². The lowest BCUT2D eigenvalue weighted by Gasteiger charge is -2.11. The first kappa shape index (κ1) is 22.1. The Bertz CT molecular complexity index is 1030. The normalized spacial score (nSPS) is 19.4. The summed E-state index contributed by atoms with van der Waals surface area (Å²) in [6.07, 6.45) is 3.94. The molecule has 1 aromatic heterocycles. The van der Waals surface area contributed by atoms with Crippen molar-refractivity contribution in [1.29, 1.82) is 0 Å². The fourth-order valence-corrected chi connectivity index (χ4v) is 3.47. The van der Waals surface area contributed by atoms with E-state index in [2.05, 4.69) is 49.8 Å². The summed E-state index contributed by atoms with van der Waals surface area (Å²) >= 11 is 3.45. The van der Waals surface area contributed by atoms with Gasteiger partial charge in [-0.05, 0) is 44.9 Å². The molecule has 1 aromatic carbocycles. The zero-order chi connectivity index (χ0) is 21.7. The molecule has 30 heavy (non-hydrogen) atoms. The van der Waals surface area contributed by atoms with E-state index in [4.69, 9.17) is 9.57 Å². The molecule has 158 valence electrons. The van der Waals surface area contributed by atoms with Crippen LogP contribution in [0, 0.1) is 12.8 Å². The Kier molecular flexibility index (Phi) is 7.33. The van der Waals surface area contributed by atoms with Gasteiger partial charge in [0.05, 0.1) is 30.5 Å². The van der Waals surface area contributed by atoms with Crippen molar-refractivity contribution in [1.82, 2.24) is 9.55 Å². The lowest BCUT2D eigenvalue weighted by atomic mass is 9.97. The maximum Gasteiger partial charge on any atom is 0.258 e. The fraction of sp³-hybridized carbons (Fsp3) is 0.364. The van der Waals surface area contributed by atoms with E-state index in [1.165, 1.54) is 10.9 Å². The summed E-state index contributed by atoms with van der Waals surface area (Å²) in [5.74, 6) is 0.942. The van der Waals surface area contributed by atoms with Gasteiger partial charge in [0, 0.05) is 16.6 Å². The van der Waals surface area contributed by atoms with Gasteiger partial charge in [0.25, 0.3) is 5.56 Å². The summed E-state index contributed by atoms with van der Waals surface area (Å²) in [7, 11) is 0. The summed E-state index contributed by atoms with van der Waals surface area (Å²) in [5, 5.41) is 4.21. The molecule has 0 N–H and O–H groups in total. The fourth-order valence-electron chi connectivity index (χ4n) is 3.21. The summed E-state index contributed by atoms with van der Waals surface area (Å²) in [6.45, 7) is 10.0. The zero-order valence-corrected chi connectivity index (χ0v) is 18.9. The van der Waals surface area contributed by atoms with Gasteiger partial charge in [-0.25, -0.2) is 9.98 Å². The third kappa shape index (κ3) is 5.31. The Morgan fingerprint density at radius 1 is 1.43 bits per heavy atom. The van der Waals surface area contributed by atoms with E-state index in [-0.39, 0.29) is 24.1 Å². The molecule has 3 rings (SSSR count). The molecule has 0 bridgehead atoms. The monoisotopic (exact) mass is 472 g/mol. The molecule has 1 aliphatic rings. The maximum atomic E-state index is 12.4. The second-order valence-electron chi connectivity index (χ2n) is 7.18. The number of halogens is 1. The Morgan fingerprint density at radius 3 is 2.87 bits per heavy atom. The van der Waals surface area contributed by atoms with Gasteiger partial charge in [0.2, 0.25) is 0 Å². The van der Waals surface area contributed by atoms with E-state index >= 15 is 0 Å². The van der Waals surface area contributed by atoms with Crippen molar-refractivity contribution in [3.63, 3.8) is 0 Å². The average Bonchev–Trinajstić information content (AvgIpc) is 3.23. The van der Waals surface area contributed by atoms with Gasteiger partial charge < -0.3 is 9.57 Å². The molecule has 2 aromatic rings. The first-order valence-corrected chi connectivity index (χ1v) is 10.5. The number of aliphatic imine (C=N–C) groups is 1. The summed E-state index contributed by atoms with van der Waals surface area (Å²) in [4.78, 5) is 26.2. The summed E-state index contributed by atoms with van der Waals surface area (Å²) < 4.78 is 8.41. The van der Waals surface area contributed by atoms with E-state index in [0.29, 0.717) is 23.7 Å². The summed E-state index contributed by atoms with van der Waals surface area (Å²) in [5.41, 5.74) is 2.28. The van der Waals surface area contributed by atoms with E-state index in [0.717, 1.165) is 22.2 Å². The lowest BCUT2D eigenvalue weighted by Crippen LogP contribution is -2.23. The van der Waals surface area contributed by atoms with Crippen LogP contribution in [0.5, 0.6) is 0 Å². The van der Waals surface area contributed by atoms with E-state index < -0.39 is 0 Å². The third-order valence-corrected chi connectivity index (χ3v) is 5.51. The van der Waals surface area contributed by atoms with Gasteiger partial charge >= 0.3 is 0 Å². The highest BCUT2D eigenvalue weighted by Crippen LogP contribution is 2.33. The van der Waals surface area contributed by atoms with Crippen LogP contribution in [0.1, 0.15) is 37.5 Å². The molecular weight excluding hydrogens is 448 g/mol. The van der Waals surface area contributed by atoms with Crippen LogP contribution in [0.15, 0.2) is 62.3 Å². The van der Waals surface area contributed by atoms with E-state index in [1.807, 2.05) is 19.1 Å². The Balaban J connectivity index is 1.58. The minimum absolute atomic E-state index is 0.0494. The molecule has 0 saturated carbocycles. The minimum atomic E-state index is -0.183. The zero-order valence-electron chi connectivity index (χ0n) is 17.3. The van der Waals surface area contributed by atoms with Crippen molar-refractivity contribution in [2.45, 2.75) is 39.8 Å². The van der Waals surface area contributed by atoms with Crippen LogP contribution in [0.25, 0.3) is 0 Å². The van der Waals surface area contributed by atoms with Crippen molar-refractivity contribution in [2.75, 3.05) is 6.61 Å².